The van der Waals surface area contributed by atoms with Crippen molar-refractivity contribution in [3.05, 3.63) is 48.0 Å². The highest BCUT2D eigenvalue weighted by atomic mass is 19.1. The Kier molecular flexibility index (Phi) is 5.39. The van der Waals surface area contributed by atoms with Crippen LogP contribution in [0.5, 0.6) is 5.75 Å². The molecule has 0 spiro atoms. The molecule has 0 saturated heterocycles. The summed E-state index contributed by atoms with van der Waals surface area (Å²) in [6, 6.07) is 3.68. The summed E-state index contributed by atoms with van der Waals surface area (Å²) < 4.78 is 19.6. The molecule has 24 heavy (non-hydrogen) atoms. The van der Waals surface area contributed by atoms with E-state index in [1.54, 1.807) is 12.1 Å². The number of carboxylic acid groups (broad SMARTS) is 1. The van der Waals surface area contributed by atoms with Crippen molar-refractivity contribution >= 4 is 18.0 Å². The number of amides is 1. The summed E-state index contributed by atoms with van der Waals surface area (Å²) >= 11 is 0. The van der Waals surface area contributed by atoms with Gasteiger partial charge in [-0.25, -0.2) is 9.18 Å². The molecular weight excluding hydrogens is 313 g/mol. The summed E-state index contributed by atoms with van der Waals surface area (Å²) in [5.74, 6) is -1.77. The molecule has 0 bridgehead atoms. The number of hydrogen-bond donors (Lipinski definition) is 1. The molecule has 1 unspecified atom stereocenters. The van der Waals surface area contributed by atoms with Crippen LogP contribution in [0, 0.1) is 11.7 Å². The first kappa shape index (κ1) is 17.7. The van der Waals surface area contributed by atoms with Gasteiger partial charge in [0.05, 0.1) is 6.54 Å². The number of carbonyl (C=O) groups is 2. The molecule has 0 aliphatic carbocycles. The maximum Gasteiger partial charge on any atom is 0.326 e. The van der Waals surface area contributed by atoms with Crippen LogP contribution in [0.1, 0.15) is 25.8 Å². The third-order valence-electron chi connectivity index (χ3n) is 3.70. The van der Waals surface area contributed by atoms with Gasteiger partial charge in [-0.05, 0) is 18.4 Å². The molecule has 0 radical (unpaired) electrons. The van der Waals surface area contributed by atoms with Crippen LogP contribution in [0.3, 0.4) is 0 Å². The van der Waals surface area contributed by atoms with E-state index in [0.29, 0.717) is 6.42 Å². The summed E-state index contributed by atoms with van der Waals surface area (Å²) in [4.78, 5) is 24.8. The predicted molar refractivity (Wildman–Crippen MR) is 87.8 cm³/mol. The zero-order chi connectivity index (χ0) is 17.9. The number of carboxylic acids is 1. The molecule has 5 nitrogen and oxygen atoms in total. The van der Waals surface area contributed by atoms with E-state index in [4.69, 9.17) is 4.74 Å². The van der Waals surface area contributed by atoms with Crippen LogP contribution < -0.4 is 4.74 Å². The molecule has 1 aromatic carbocycles. The van der Waals surface area contributed by atoms with E-state index in [1.807, 2.05) is 13.8 Å². The van der Waals surface area contributed by atoms with Gasteiger partial charge in [0, 0.05) is 11.6 Å². The molecule has 1 aromatic rings. The molecule has 0 aromatic heterocycles. The van der Waals surface area contributed by atoms with E-state index in [1.165, 1.54) is 23.1 Å². The summed E-state index contributed by atoms with van der Waals surface area (Å²) in [5, 5.41) is 9.36. The third-order valence-corrected chi connectivity index (χ3v) is 3.70. The summed E-state index contributed by atoms with van der Waals surface area (Å²) in [6.07, 6.45) is 2.91. The average molecular weight is 333 g/mol. The normalized spacial score (nSPS) is 15.4. The van der Waals surface area contributed by atoms with Gasteiger partial charge in [-0.15, -0.1) is 0 Å². The zero-order valence-electron chi connectivity index (χ0n) is 13.7. The Balaban J connectivity index is 2.15. The SMILES string of the molecule is C=Cc1cccc(OC2=CC(=O)N(C(CC(C)C)C(=O)O)C2)c1F. The fourth-order valence-electron chi connectivity index (χ4n) is 2.55. The maximum absolute atomic E-state index is 14.2. The Morgan fingerprint density at radius 2 is 2.21 bits per heavy atom. The molecule has 1 amide bonds. The molecule has 1 heterocycles. The van der Waals surface area contributed by atoms with E-state index in [-0.39, 0.29) is 29.5 Å². The highest BCUT2D eigenvalue weighted by Gasteiger charge is 2.34. The fourth-order valence-corrected chi connectivity index (χ4v) is 2.55. The lowest BCUT2D eigenvalue weighted by Crippen LogP contribution is -2.43. The zero-order valence-corrected chi connectivity index (χ0v) is 13.7. The Bertz CT molecular complexity index is 696. The lowest BCUT2D eigenvalue weighted by molar-refractivity contribution is -0.148. The smallest absolute Gasteiger partial charge is 0.326 e. The molecule has 1 atom stereocenters. The van der Waals surface area contributed by atoms with Gasteiger partial charge in [0.1, 0.15) is 11.8 Å². The lowest BCUT2D eigenvalue weighted by Gasteiger charge is -2.25. The summed E-state index contributed by atoms with van der Waals surface area (Å²) in [5.41, 5.74) is 0.289. The Morgan fingerprint density at radius 3 is 2.79 bits per heavy atom. The summed E-state index contributed by atoms with van der Waals surface area (Å²) in [6.45, 7) is 7.29. The van der Waals surface area contributed by atoms with Crippen LogP contribution in [0.4, 0.5) is 4.39 Å². The van der Waals surface area contributed by atoms with Gasteiger partial charge >= 0.3 is 5.97 Å². The quantitative estimate of drug-likeness (QED) is 0.833. The van der Waals surface area contributed by atoms with Crippen LogP contribution in [0.25, 0.3) is 6.08 Å². The second-order valence-electron chi connectivity index (χ2n) is 6.03. The summed E-state index contributed by atoms with van der Waals surface area (Å²) in [7, 11) is 0. The van der Waals surface area contributed by atoms with Crippen molar-refractivity contribution in [3.63, 3.8) is 0 Å². The van der Waals surface area contributed by atoms with E-state index in [9.17, 15) is 19.1 Å². The van der Waals surface area contributed by atoms with Gasteiger partial charge in [0.25, 0.3) is 5.91 Å². The molecule has 2 rings (SSSR count). The molecule has 1 N–H and O–H groups in total. The minimum absolute atomic E-state index is 0.000275. The molecule has 128 valence electrons. The standard InChI is InChI=1S/C18H20FNO4/c1-4-12-6-5-7-15(17(12)19)24-13-9-16(21)20(10-13)14(18(22)23)8-11(2)3/h4-7,9,11,14H,1,8,10H2,2-3H3,(H,22,23). The number of rotatable bonds is 7. The topological polar surface area (TPSA) is 66.8 Å². The van der Waals surface area contributed by atoms with Crippen molar-refractivity contribution in [1.29, 1.82) is 0 Å². The average Bonchev–Trinajstić information content (AvgIpc) is 2.87. The minimum atomic E-state index is -1.06. The molecular formula is C18H20FNO4. The number of carbonyl (C=O) groups excluding carboxylic acids is 1. The van der Waals surface area contributed by atoms with Crippen LogP contribution in [0.2, 0.25) is 0 Å². The van der Waals surface area contributed by atoms with Gasteiger partial charge in [-0.1, -0.05) is 38.6 Å². The molecule has 0 saturated carbocycles. The van der Waals surface area contributed by atoms with Crippen molar-refractivity contribution in [2.24, 2.45) is 5.92 Å². The van der Waals surface area contributed by atoms with Crippen molar-refractivity contribution in [2.45, 2.75) is 26.3 Å². The number of halogens is 1. The van der Waals surface area contributed by atoms with E-state index in [0.717, 1.165) is 0 Å². The number of ether oxygens (including phenoxy) is 1. The number of hydrogen-bond acceptors (Lipinski definition) is 3. The first-order valence-corrected chi connectivity index (χ1v) is 7.66. The maximum atomic E-state index is 14.2. The Hall–Kier alpha value is -2.63. The third kappa shape index (κ3) is 3.82. The fraction of sp³-hybridized carbons (Fsp3) is 0.333. The minimum Gasteiger partial charge on any atom is -0.480 e. The number of nitrogens with zero attached hydrogens (tertiary/aromatic N) is 1. The Labute approximate surface area is 140 Å². The number of aliphatic carboxylic acids is 1. The van der Waals surface area contributed by atoms with Gasteiger partial charge in [0.15, 0.2) is 11.6 Å². The van der Waals surface area contributed by atoms with Gasteiger partial charge in [-0.2, -0.15) is 0 Å². The largest absolute Gasteiger partial charge is 0.480 e. The van der Waals surface area contributed by atoms with E-state index in [2.05, 4.69) is 6.58 Å². The highest BCUT2D eigenvalue weighted by Crippen LogP contribution is 2.26. The van der Waals surface area contributed by atoms with E-state index < -0.39 is 23.7 Å². The lowest BCUT2D eigenvalue weighted by atomic mass is 10.0. The van der Waals surface area contributed by atoms with Crippen LogP contribution in [-0.2, 0) is 9.59 Å². The van der Waals surface area contributed by atoms with Gasteiger partial charge < -0.3 is 14.7 Å². The van der Waals surface area contributed by atoms with Crippen molar-refractivity contribution in [3.8, 4) is 5.75 Å². The Morgan fingerprint density at radius 1 is 1.50 bits per heavy atom. The molecule has 6 heteroatoms. The van der Waals surface area contributed by atoms with Gasteiger partial charge in [-0.3, -0.25) is 4.79 Å². The van der Waals surface area contributed by atoms with Crippen LogP contribution >= 0.6 is 0 Å². The molecule has 1 aliphatic rings. The van der Waals surface area contributed by atoms with Gasteiger partial charge in [0.2, 0.25) is 0 Å². The predicted octanol–water partition coefficient (Wildman–Crippen LogP) is 3.07. The number of benzene rings is 1. The highest BCUT2D eigenvalue weighted by molar-refractivity contribution is 5.94. The monoisotopic (exact) mass is 333 g/mol. The van der Waals surface area contributed by atoms with Crippen LogP contribution in [-0.4, -0.2) is 34.5 Å². The van der Waals surface area contributed by atoms with Crippen LogP contribution in [0.15, 0.2) is 36.6 Å². The first-order valence-electron chi connectivity index (χ1n) is 7.66. The van der Waals surface area contributed by atoms with Crippen molar-refractivity contribution in [2.75, 3.05) is 6.54 Å². The first-order chi connectivity index (χ1) is 11.3. The second kappa shape index (κ2) is 7.29. The van der Waals surface area contributed by atoms with Crippen molar-refractivity contribution < 1.29 is 23.8 Å². The molecule has 1 aliphatic heterocycles. The second-order valence-corrected chi connectivity index (χ2v) is 6.03. The van der Waals surface area contributed by atoms with E-state index >= 15 is 0 Å². The van der Waals surface area contributed by atoms with Crippen molar-refractivity contribution in [1.82, 2.24) is 4.90 Å². The molecule has 0 fully saturated rings.